The SMILES string of the molecule is CNS(=O)(=O)N1CC(O)CC1C(=O)O. The molecule has 1 heterocycles. The van der Waals surface area contributed by atoms with Crippen LogP contribution in [0.5, 0.6) is 0 Å². The number of carboxylic acids is 1. The predicted molar refractivity (Wildman–Crippen MR) is 46.7 cm³/mol. The van der Waals surface area contributed by atoms with Gasteiger partial charge in [-0.25, -0.2) is 4.72 Å². The summed E-state index contributed by atoms with van der Waals surface area (Å²) in [4.78, 5) is 10.7. The highest BCUT2D eigenvalue weighted by atomic mass is 32.2. The molecule has 1 aliphatic rings. The zero-order valence-electron chi connectivity index (χ0n) is 7.54. The number of carboxylic acid groups (broad SMARTS) is 1. The molecule has 0 bridgehead atoms. The van der Waals surface area contributed by atoms with E-state index in [2.05, 4.69) is 0 Å². The summed E-state index contributed by atoms with van der Waals surface area (Å²) in [6.07, 6.45) is -0.991. The van der Waals surface area contributed by atoms with E-state index in [0.717, 1.165) is 4.31 Å². The van der Waals surface area contributed by atoms with Crippen LogP contribution in [0.2, 0.25) is 0 Å². The highest BCUT2D eigenvalue weighted by Gasteiger charge is 2.42. The van der Waals surface area contributed by atoms with Crippen LogP contribution in [0.1, 0.15) is 6.42 Å². The zero-order valence-corrected chi connectivity index (χ0v) is 8.36. The van der Waals surface area contributed by atoms with Crippen molar-refractivity contribution in [2.24, 2.45) is 0 Å². The van der Waals surface area contributed by atoms with Gasteiger partial charge < -0.3 is 10.2 Å². The van der Waals surface area contributed by atoms with Crippen LogP contribution in [0, 0.1) is 0 Å². The Morgan fingerprint density at radius 3 is 2.57 bits per heavy atom. The second-order valence-corrected chi connectivity index (χ2v) is 4.85. The number of β-amino-alcohol motifs (C(OH)–C–C–N with tert-alkyl or cyclic N) is 1. The molecule has 0 aromatic heterocycles. The standard InChI is InChI=1S/C6H12N2O5S/c1-7-14(12,13)8-3-4(9)2-5(8)6(10)11/h4-5,7,9H,2-3H2,1H3,(H,10,11). The Balaban J connectivity index is 2.93. The highest BCUT2D eigenvalue weighted by Crippen LogP contribution is 2.20. The zero-order chi connectivity index (χ0) is 10.9. The summed E-state index contributed by atoms with van der Waals surface area (Å²) >= 11 is 0. The van der Waals surface area contributed by atoms with Crippen molar-refractivity contribution in [1.29, 1.82) is 0 Å². The van der Waals surface area contributed by atoms with Crippen LogP contribution in [0.25, 0.3) is 0 Å². The molecular weight excluding hydrogens is 212 g/mol. The summed E-state index contributed by atoms with van der Waals surface area (Å²) in [5.74, 6) is -1.25. The van der Waals surface area contributed by atoms with Gasteiger partial charge in [-0.15, -0.1) is 0 Å². The van der Waals surface area contributed by atoms with E-state index in [0.29, 0.717) is 0 Å². The van der Waals surface area contributed by atoms with Gasteiger partial charge in [0, 0.05) is 20.0 Å². The van der Waals surface area contributed by atoms with Crippen molar-refractivity contribution in [3.05, 3.63) is 0 Å². The minimum Gasteiger partial charge on any atom is -0.480 e. The van der Waals surface area contributed by atoms with E-state index in [9.17, 15) is 18.3 Å². The molecular formula is C6H12N2O5S. The van der Waals surface area contributed by atoms with E-state index >= 15 is 0 Å². The van der Waals surface area contributed by atoms with Gasteiger partial charge in [-0.3, -0.25) is 4.79 Å². The fourth-order valence-electron chi connectivity index (χ4n) is 1.39. The second kappa shape index (κ2) is 3.81. The van der Waals surface area contributed by atoms with Gasteiger partial charge in [-0.05, 0) is 0 Å². The minimum absolute atomic E-state index is 0.0732. The first-order valence-corrected chi connectivity index (χ1v) is 5.43. The number of carbonyl (C=O) groups is 1. The number of nitrogens with one attached hydrogen (secondary N) is 1. The molecule has 82 valence electrons. The Labute approximate surface area is 81.5 Å². The molecule has 1 saturated heterocycles. The molecule has 0 spiro atoms. The lowest BCUT2D eigenvalue weighted by Crippen LogP contribution is -2.45. The summed E-state index contributed by atoms with van der Waals surface area (Å²) < 4.78 is 25.4. The van der Waals surface area contributed by atoms with Crippen molar-refractivity contribution in [3.63, 3.8) is 0 Å². The normalized spacial score (nSPS) is 29.3. The largest absolute Gasteiger partial charge is 0.480 e. The molecule has 0 saturated carbocycles. The third kappa shape index (κ3) is 2.03. The molecule has 0 aromatic carbocycles. The molecule has 1 aliphatic heterocycles. The van der Waals surface area contributed by atoms with Gasteiger partial charge in [0.25, 0.3) is 10.2 Å². The monoisotopic (exact) mass is 224 g/mol. The van der Waals surface area contributed by atoms with Gasteiger partial charge in [0.1, 0.15) is 6.04 Å². The first kappa shape index (κ1) is 11.4. The second-order valence-electron chi connectivity index (χ2n) is 3.02. The summed E-state index contributed by atoms with van der Waals surface area (Å²) in [5, 5.41) is 17.9. The average Bonchev–Trinajstić information content (AvgIpc) is 2.48. The molecule has 2 unspecified atom stereocenters. The van der Waals surface area contributed by atoms with E-state index < -0.39 is 28.3 Å². The van der Waals surface area contributed by atoms with Gasteiger partial charge in [-0.2, -0.15) is 12.7 Å². The fraction of sp³-hybridized carbons (Fsp3) is 0.833. The number of rotatable bonds is 3. The molecule has 3 N–H and O–H groups in total. The maximum absolute atomic E-state index is 11.3. The molecule has 1 rings (SSSR count). The Hall–Kier alpha value is -0.700. The lowest BCUT2D eigenvalue weighted by molar-refractivity contribution is -0.140. The van der Waals surface area contributed by atoms with Gasteiger partial charge in [0.05, 0.1) is 6.10 Å². The van der Waals surface area contributed by atoms with Crippen molar-refractivity contribution >= 4 is 16.2 Å². The number of hydrogen-bond acceptors (Lipinski definition) is 4. The molecule has 8 heteroatoms. The maximum atomic E-state index is 11.3. The van der Waals surface area contributed by atoms with Gasteiger partial charge in [0.2, 0.25) is 0 Å². The van der Waals surface area contributed by atoms with Crippen molar-refractivity contribution in [1.82, 2.24) is 9.03 Å². The van der Waals surface area contributed by atoms with E-state index in [1.165, 1.54) is 7.05 Å². The molecule has 7 nitrogen and oxygen atoms in total. The quantitative estimate of drug-likeness (QED) is 0.512. The molecule has 2 atom stereocenters. The Kier molecular flexibility index (Phi) is 3.10. The van der Waals surface area contributed by atoms with E-state index in [1.54, 1.807) is 0 Å². The van der Waals surface area contributed by atoms with Crippen molar-refractivity contribution in [2.45, 2.75) is 18.6 Å². The topological polar surface area (TPSA) is 107 Å². The lowest BCUT2D eigenvalue weighted by atomic mass is 10.2. The van der Waals surface area contributed by atoms with Crippen molar-refractivity contribution < 1.29 is 23.4 Å². The van der Waals surface area contributed by atoms with E-state index in [-0.39, 0.29) is 13.0 Å². The Morgan fingerprint density at radius 1 is 1.57 bits per heavy atom. The fourth-order valence-corrected chi connectivity index (χ4v) is 2.51. The molecule has 0 radical (unpaired) electrons. The minimum atomic E-state index is -3.78. The summed E-state index contributed by atoms with van der Waals surface area (Å²) in [5.41, 5.74) is 0. The molecule has 0 aliphatic carbocycles. The van der Waals surface area contributed by atoms with E-state index in [4.69, 9.17) is 5.11 Å². The van der Waals surface area contributed by atoms with Crippen LogP contribution in [0.3, 0.4) is 0 Å². The maximum Gasteiger partial charge on any atom is 0.322 e. The molecule has 1 fully saturated rings. The van der Waals surface area contributed by atoms with Gasteiger partial charge in [0.15, 0.2) is 0 Å². The van der Waals surface area contributed by atoms with Gasteiger partial charge in [-0.1, -0.05) is 0 Å². The molecule has 0 aromatic rings. The summed E-state index contributed by atoms with van der Waals surface area (Å²) in [6.45, 7) is -0.180. The number of hydrogen-bond donors (Lipinski definition) is 3. The van der Waals surface area contributed by atoms with Crippen LogP contribution >= 0.6 is 0 Å². The smallest absolute Gasteiger partial charge is 0.322 e. The number of nitrogens with zero attached hydrogens (tertiary/aromatic N) is 1. The van der Waals surface area contributed by atoms with Crippen LogP contribution < -0.4 is 4.72 Å². The average molecular weight is 224 g/mol. The predicted octanol–water partition coefficient (Wildman–Crippen LogP) is -2.03. The third-order valence-electron chi connectivity index (χ3n) is 2.09. The van der Waals surface area contributed by atoms with Gasteiger partial charge >= 0.3 is 5.97 Å². The Morgan fingerprint density at radius 2 is 2.14 bits per heavy atom. The number of aliphatic hydroxyl groups is 1. The van der Waals surface area contributed by atoms with Crippen LogP contribution in [-0.2, 0) is 15.0 Å². The summed E-state index contributed by atoms with van der Waals surface area (Å²) in [6, 6.07) is -1.18. The summed E-state index contributed by atoms with van der Waals surface area (Å²) in [7, 11) is -2.59. The van der Waals surface area contributed by atoms with E-state index in [1.807, 2.05) is 4.72 Å². The Bertz CT molecular complexity index is 327. The van der Waals surface area contributed by atoms with Crippen LogP contribution in [0.15, 0.2) is 0 Å². The van der Waals surface area contributed by atoms with Crippen LogP contribution in [-0.4, -0.2) is 54.6 Å². The highest BCUT2D eigenvalue weighted by molar-refractivity contribution is 7.87. The molecule has 0 amide bonds. The first-order chi connectivity index (χ1) is 6.38. The lowest BCUT2D eigenvalue weighted by Gasteiger charge is -2.19. The molecule has 14 heavy (non-hydrogen) atoms. The van der Waals surface area contributed by atoms with Crippen molar-refractivity contribution in [2.75, 3.05) is 13.6 Å². The number of aliphatic hydroxyl groups excluding tert-OH is 1. The number of aliphatic carboxylic acids is 1. The van der Waals surface area contributed by atoms with Crippen LogP contribution in [0.4, 0.5) is 0 Å². The van der Waals surface area contributed by atoms with Crippen molar-refractivity contribution in [3.8, 4) is 0 Å². The third-order valence-corrected chi connectivity index (χ3v) is 3.62. The first-order valence-electron chi connectivity index (χ1n) is 3.99.